The Balaban J connectivity index is 1.13. The Bertz CT molecular complexity index is 950. The Morgan fingerprint density at radius 3 is 2.29 bits per heavy atom. The standard InChI is InChI=1S/C27H33N3O4/c31-26(21-9-5-2-6-10-21)30-17-22-15-29(16-23(22)18-30)13-11-25(20-7-3-1-4-8-20)28-27(32)34-24-12-14-33-19-24/h1-10,22-25H,11-19H2,(H,28,32)/t22-,23?,24?,25?/m0/s1. The fourth-order valence-corrected chi connectivity index (χ4v) is 5.45. The highest BCUT2D eigenvalue weighted by molar-refractivity contribution is 5.94. The van der Waals surface area contributed by atoms with Gasteiger partial charge in [-0.25, -0.2) is 4.79 Å². The molecule has 0 radical (unpaired) electrons. The summed E-state index contributed by atoms with van der Waals surface area (Å²) in [4.78, 5) is 29.8. The van der Waals surface area contributed by atoms with Crippen LogP contribution in [0.25, 0.3) is 0 Å². The summed E-state index contributed by atoms with van der Waals surface area (Å²) in [5.74, 6) is 1.17. The number of benzene rings is 2. The summed E-state index contributed by atoms with van der Waals surface area (Å²) >= 11 is 0. The molecular weight excluding hydrogens is 430 g/mol. The number of ether oxygens (including phenoxy) is 2. The minimum absolute atomic E-state index is 0.104. The fraction of sp³-hybridized carbons (Fsp3) is 0.481. The van der Waals surface area contributed by atoms with E-state index in [9.17, 15) is 9.59 Å². The van der Waals surface area contributed by atoms with Crippen LogP contribution in [0.5, 0.6) is 0 Å². The van der Waals surface area contributed by atoms with Gasteiger partial charge in [0.2, 0.25) is 0 Å². The predicted octanol–water partition coefficient (Wildman–Crippen LogP) is 3.34. The minimum atomic E-state index is -0.377. The van der Waals surface area contributed by atoms with E-state index in [-0.39, 0.29) is 24.1 Å². The monoisotopic (exact) mass is 463 g/mol. The number of fused-ring (bicyclic) bond motifs is 1. The molecule has 0 aromatic heterocycles. The lowest BCUT2D eigenvalue weighted by atomic mass is 10.0. The highest BCUT2D eigenvalue weighted by atomic mass is 16.6. The second-order valence-corrected chi connectivity index (χ2v) is 9.64. The van der Waals surface area contributed by atoms with Crippen LogP contribution in [0.2, 0.25) is 0 Å². The first-order valence-electron chi connectivity index (χ1n) is 12.3. The first-order chi connectivity index (χ1) is 16.7. The van der Waals surface area contributed by atoms with E-state index in [1.807, 2.05) is 53.4 Å². The molecule has 3 unspecified atom stereocenters. The Morgan fingerprint density at radius 1 is 0.971 bits per heavy atom. The summed E-state index contributed by atoms with van der Waals surface area (Å²) in [6.45, 7) is 5.65. The summed E-state index contributed by atoms with van der Waals surface area (Å²) in [6.07, 6.45) is 1.03. The van der Waals surface area contributed by atoms with Gasteiger partial charge in [0.05, 0.1) is 19.3 Å². The molecule has 0 spiro atoms. The third-order valence-electron chi connectivity index (χ3n) is 7.26. The maximum atomic E-state index is 12.8. The molecule has 0 bridgehead atoms. The van der Waals surface area contributed by atoms with Crippen molar-refractivity contribution in [2.45, 2.75) is 25.0 Å². The Labute approximate surface area is 201 Å². The van der Waals surface area contributed by atoms with Crippen LogP contribution in [0.1, 0.15) is 34.8 Å². The summed E-state index contributed by atoms with van der Waals surface area (Å²) in [5, 5.41) is 3.08. The highest BCUT2D eigenvalue weighted by Crippen LogP contribution is 2.32. The Hall–Kier alpha value is -2.90. The van der Waals surface area contributed by atoms with Gasteiger partial charge in [-0.05, 0) is 36.0 Å². The number of hydrogen-bond donors (Lipinski definition) is 1. The molecule has 3 fully saturated rings. The highest BCUT2D eigenvalue weighted by Gasteiger charge is 2.41. The van der Waals surface area contributed by atoms with Gasteiger partial charge in [-0.1, -0.05) is 48.5 Å². The van der Waals surface area contributed by atoms with Crippen molar-refractivity contribution in [3.63, 3.8) is 0 Å². The van der Waals surface area contributed by atoms with E-state index >= 15 is 0 Å². The van der Waals surface area contributed by atoms with Crippen LogP contribution in [0.3, 0.4) is 0 Å². The molecule has 1 N–H and O–H groups in total. The van der Waals surface area contributed by atoms with E-state index in [1.54, 1.807) is 0 Å². The van der Waals surface area contributed by atoms with Crippen LogP contribution in [0, 0.1) is 11.8 Å². The van der Waals surface area contributed by atoms with Gasteiger partial charge in [0.1, 0.15) is 6.10 Å². The Morgan fingerprint density at radius 2 is 1.65 bits per heavy atom. The molecular formula is C27H33N3O4. The second-order valence-electron chi connectivity index (χ2n) is 9.64. The van der Waals surface area contributed by atoms with Crippen LogP contribution in [-0.2, 0) is 9.47 Å². The molecule has 3 aliphatic heterocycles. The average Bonchev–Trinajstić information content (AvgIpc) is 3.59. The van der Waals surface area contributed by atoms with Gasteiger partial charge in [0.25, 0.3) is 5.91 Å². The van der Waals surface area contributed by atoms with Crippen molar-refractivity contribution in [3.05, 3.63) is 71.8 Å². The van der Waals surface area contributed by atoms with E-state index in [1.165, 1.54) is 0 Å². The van der Waals surface area contributed by atoms with Crippen molar-refractivity contribution in [1.82, 2.24) is 15.1 Å². The molecule has 0 saturated carbocycles. The third-order valence-corrected chi connectivity index (χ3v) is 7.26. The number of alkyl carbamates (subject to hydrolysis) is 1. The molecule has 3 saturated heterocycles. The minimum Gasteiger partial charge on any atom is -0.444 e. The van der Waals surface area contributed by atoms with Gasteiger partial charge in [-0.2, -0.15) is 0 Å². The molecule has 2 amide bonds. The van der Waals surface area contributed by atoms with Gasteiger partial charge >= 0.3 is 6.09 Å². The van der Waals surface area contributed by atoms with Crippen LogP contribution < -0.4 is 5.32 Å². The number of amides is 2. The lowest BCUT2D eigenvalue weighted by molar-refractivity contribution is 0.0773. The Kier molecular flexibility index (Phi) is 7.11. The van der Waals surface area contributed by atoms with Crippen LogP contribution in [0.15, 0.2) is 60.7 Å². The van der Waals surface area contributed by atoms with E-state index in [0.717, 1.165) is 56.7 Å². The normalized spacial score (nSPS) is 25.2. The number of rotatable bonds is 7. The van der Waals surface area contributed by atoms with Gasteiger partial charge in [-0.3, -0.25) is 4.79 Å². The first-order valence-corrected chi connectivity index (χ1v) is 12.3. The fourth-order valence-electron chi connectivity index (χ4n) is 5.45. The lowest BCUT2D eigenvalue weighted by Gasteiger charge is -2.25. The smallest absolute Gasteiger partial charge is 0.407 e. The molecule has 0 aliphatic carbocycles. The van der Waals surface area contributed by atoms with E-state index in [0.29, 0.717) is 25.0 Å². The molecule has 5 rings (SSSR count). The maximum absolute atomic E-state index is 12.8. The molecule has 3 aliphatic rings. The van der Waals surface area contributed by atoms with Crippen molar-refractivity contribution in [1.29, 1.82) is 0 Å². The quantitative estimate of drug-likeness (QED) is 0.682. The first kappa shape index (κ1) is 22.9. The van der Waals surface area contributed by atoms with Gasteiger partial charge < -0.3 is 24.6 Å². The van der Waals surface area contributed by atoms with Crippen molar-refractivity contribution in [2.24, 2.45) is 11.8 Å². The van der Waals surface area contributed by atoms with Gasteiger partial charge in [0.15, 0.2) is 0 Å². The van der Waals surface area contributed by atoms with E-state index in [2.05, 4.69) is 22.3 Å². The molecule has 180 valence electrons. The zero-order valence-electron chi connectivity index (χ0n) is 19.5. The number of carbonyl (C=O) groups excluding carboxylic acids is 2. The average molecular weight is 464 g/mol. The third kappa shape index (κ3) is 5.42. The lowest BCUT2D eigenvalue weighted by Crippen LogP contribution is -2.36. The van der Waals surface area contributed by atoms with Crippen molar-refractivity contribution < 1.29 is 19.1 Å². The second kappa shape index (κ2) is 10.6. The molecule has 2 aromatic rings. The molecule has 2 aromatic carbocycles. The maximum Gasteiger partial charge on any atom is 0.407 e. The van der Waals surface area contributed by atoms with Crippen LogP contribution in [-0.4, -0.2) is 73.8 Å². The van der Waals surface area contributed by atoms with Crippen LogP contribution in [0.4, 0.5) is 4.79 Å². The largest absolute Gasteiger partial charge is 0.444 e. The molecule has 3 heterocycles. The van der Waals surface area contributed by atoms with Crippen molar-refractivity contribution in [2.75, 3.05) is 45.9 Å². The summed E-state index contributed by atoms with van der Waals surface area (Å²) in [5.41, 5.74) is 1.85. The summed E-state index contributed by atoms with van der Waals surface area (Å²) in [6, 6.07) is 19.5. The predicted molar refractivity (Wildman–Crippen MR) is 128 cm³/mol. The number of nitrogens with zero attached hydrogens (tertiary/aromatic N) is 2. The van der Waals surface area contributed by atoms with Crippen LogP contribution >= 0.6 is 0 Å². The zero-order valence-corrected chi connectivity index (χ0v) is 19.5. The zero-order chi connectivity index (χ0) is 23.3. The van der Waals surface area contributed by atoms with E-state index < -0.39 is 0 Å². The topological polar surface area (TPSA) is 71.1 Å². The number of hydrogen-bond acceptors (Lipinski definition) is 5. The SMILES string of the molecule is O=C(NC(CCN1CC2CN(C(=O)c3ccccc3)C[C@@H]2C1)c1ccccc1)OC1CCOC1. The molecule has 4 atom stereocenters. The van der Waals surface area contributed by atoms with Gasteiger partial charge in [-0.15, -0.1) is 0 Å². The number of carbonyl (C=O) groups is 2. The summed E-state index contributed by atoms with van der Waals surface area (Å²) < 4.78 is 10.9. The number of likely N-dealkylation sites (tertiary alicyclic amines) is 2. The van der Waals surface area contributed by atoms with Crippen molar-refractivity contribution in [3.8, 4) is 0 Å². The van der Waals surface area contributed by atoms with Crippen molar-refractivity contribution >= 4 is 12.0 Å². The summed E-state index contributed by atoms with van der Waals surface area (Å²) in [7, 11) is 0. The molecule has 7 nitrogen and oxygen atoms in total. The molecule has 7 heteroatoms. The molecule has 34 heavy (non-hydrogen) atoms. The van der Waals surface area contributed by atoms with E-state index in [4.69, 9.17) is 9.47 Å². The number of nitrogens with one attached hydrogen (secondary N) is 1. The van der Waals surface area contributed by atoms with Gasteiger partial charge in [0, 0.05) is 44.7 Å².